The van der Waals surface area contributed by atoms with E-state index in [2.05, 4.69) is 9.97 Å². The number of fused-ring (bicyclic) bond motifs is 1. The van der Waals surface area contributed by atoms with Crippen molar-refractivity contribution in [1.29, 1.82) is 0 Å². The van der Waals surface area contributed by atoms with E-state index in [1.807, 2.05) is 42.3 Å². The first kappa shape index (κ1) is 25.4. The molecule has 13 heteroatoms. The van der Waals surface area contributed by atoms with Crippen molar-refractivity contribution in [3.05, 3.63) is 84.4 Å². The lowest BCUT2D eigenvalue weighted by molar-refractivity contribution is -0.384. The maximum absolute atomic E-state index is 11.6. The molecular weight excluding hydrogens is 483 g/mol. The smallest absolute Gasteiger partial charge is 0.314 e. The fourth-order valence-electron chi connectivity index (χ4n) is 2.75. The zero-order valence-corrected chi connectivity index (χ0v) is 18.4. The largest absolute Gasteiger partial charge is 0.326 e. The van der Waals surface area contributed by atoms with Gasteiger partial charge in [-0.05, 0) is 18.2 Å². The Labute approximate surface area is 180 Å². The molecule has 0 unspecified atom stereocenters. The van der Waals surface area contributed by atoms with Gasteiger partial charge in [0.05, 0.1) is 16.0 Å². The standard InChI is InChI=1S/C17H16N4O4.BrH.H3O3P/c1-20(9-11-5-3-2-4-6-11)10-12-7-13(21(24)25)8-14-15(12)19-17(23)16(22)18-14;;1-4(2)3/h2-8H,9-10H2,1H3,(H,18,22)(H,19,23);1H;4H,(H2,1,2,3). The van der Waals surface area contributed by atoms with Crippen molar-refractivity contribution in [2.75, 3.05) is 7.05 Å². The van der Waals surface area contributed by atoms with Crippen molar-refractivity contribution in [1.82, 2.24) is 14.9 Å². The molecule has 1 aromatic heterocycles. The lowest BCUT2D eigenvalue weighted by Gasteiger charge is -2.17. The van der Waals surface area contributed by atoms with Gasteiger partial charge in [-0.2, -0.15) is 0 Å². The maximum Gasteiger partial charge on any atom is 0.314 e. The number of nitro groups is 1. The average molecular weight is 503 g/mol. The maximum atomic E-state index is 11.6. The molecule has 0 radical (unpaired) electrons. The third kappa shape index (κ3) is 7.32. The summed E-state index contributed by atoms with van der Waals surface area (Å²) >= 11 is 0. The van der Waals surface area contributed by atoms with Crippen LogP contribution in [0, 0.1) is 10.1 Å². The average Bonchev–Trinajstić information content (AvgIpc) is 2.63. The molecule has 11 nitrogen and oxygen atoms in total. The number of nitro benzene ring substituents is 1. The molecule has 0 spiro atoms. The summed E-state index contributed by atoms with van der Waals surface area (Å²) in [7, 11) is -1.25. The molecular formula is C17H20BrN4O7P. The Morgan fingerprint density at radius 3 is 2.20 bits per heavy atom. The van der Waals surface area contributed by atoms with Crippen molar-refractivity contribution in [3.63, 3.8) is 0 Å². The number of nitrogens with one attached hydrogen (secondary N) is 2. The molecule has 0 aliphatic heterocycles. The lowest BCUT2D eigenvalue weighted by atomic mass is 10.1. The molecule has 0 fully saturated rings. The summed E-state index contributed by atoms with van der Waals surface area (Å²) in [4.78, 5) is 55.0. The first-order valence-corrected chi connectivity index (χ1v) is 9.55. The summed E-state index contributed by atoms with van der Waals surface area (Å²) in [5.41, 5.74) is 0.540. The van der Waals surface area contributed by atoms with Gasteiger partial charge in [0, 0.05) is 25.2 Å². The van der Waals surface area contributed by atoms with E-state index in [1.54, 1.807) is 0 Å². The molecule has 1 heterocycles. The summed E-state index contributed by atoms with van der Waals surface area (Å²) in [6.45, 7) is 1.01. The van der Waals surface area contributed by atoms with Gasteiger partial charge in [-0.15, -0.1) is 17.0 Å². The van der Waals surface area contributed by atoms with E-state index >= 15 is 0 Å². The minimum Gasteiger partial charge on any atom is -0.326 e. The minimum atomic E-state index is -3.13. The molecule has 0 amide bonds. The molecule has 0 aliphatic carbocycles. The molecule has 3 rings (SSSR count). The molecule has 3 aromatic rings. The van der Waals surface area contributed by atoms with E-state index in [1.165, 1.54) is 12.1 Å². The second-order valence-corrected chi connectivity index (χ2v) is 6.70. The second-order valence-electron chi connectivity index (χ2n) is 6.13. The summed E-state index contributed by atoms with van der Waals surface area (Å²) in [5.74, 6) is 0. The molecule has 4 N–H and O–H groups in total. The van der Waals surface area contributed by atoms with Crippen molar-refractivity contribution >= 4 is 42.0 Å². The van der Waals surface area contributed by atoms with E-state index < -0.39 is 24.3 Å². The van der Waals surface area contributed by atoms with E-state index in [4.69, 9.17) is 14.4 Å². The van der Waals surface area contributed by atoms with E-state index in [9.17, 15) is 19.7 Å². The van der Waals surface area contributed by atoms with Crippen LogP contribution in [-0.2, 0) is 17.7 Å². The van der Waals surface area contributed by atoms with Crippen LogP contribution in [-0.4, -0.2) is 36.6 Å². The predicted octanol–water partition coefficient (Wildman–Crippen LogP) is 1.70. The molecule has 0 saturated heterocycles. The Morgan fingerprint density at radius 2 is 1.63 bits per heavy atom. The Hall–Kier alpha value is -2.63. The van der Waals surface area contributed by atoms with Gasteiger partial charge in [-0.1, -0.05) is 30.3 Å². The highest BCUT2D eigenvalue weighted by molar-refractivity contribution is 8.93. The van der Waals surface area contributed by atoms with Gasteiger partial charge in [0.2, 0.25) is 0 Å². The SMILES string of the molecule is Br.CN(Cc1ccccc1)Cc1cc([N+](=O)[O-])cc2[nH]c(=O)c(=O)[nH]c12.O=[PH](O)O. The number of halogens is 1. The third-order valence-corrected chi connectivity index (χ3v) is 3.84. The van der Waals surface area contributed by atoms with Gasteiger partial charge in [-0.25, -0.2) is 0 Å². The zero-order valence-electron chi connectivity index (χ0n) is 15.7. The van der Waals surface area contributed by atoms with Crippen LogP contribution in [0.15, 0.2) is 52.1 Å². The molecule has 0 bridgehead atoms. The summed E-state index contributed by atoms with van der Waals surface area (Å²) in [5, 5.41) is 11.2. The number of non-ortho nitro benzene ring substituents is 1. The van der Waals surface area contributed by atoms with Gasteiger partial charge in [0.15, 0.2) is 0 Å². The number of hydrogen-bond acceptors (Lipinski definition) is 6. The number of nitrogens with zero attached hydrogens (tertiary/aromatic N) is 2. The number of H-pyrrole nitrogens is 2. The predicted molar refractivity (Wildman–Crippen MR) is 117 cm³/mol. The number of benzene rings is 2. The van der Waals surface area contributed by atoms with Crippen molar-refractivity contribution in [2.45, 2.75) is 13.1 Å². The van der Waals surface area contributed by atoms with Crippen LogP contribution >= 0.6 is 25.2 Å². The number of aromatic nitrogens is 2. The first-order valence-electron chi connectivity index (χ1n) is 8.25. The van der Waals surface area contributed by atoms with Gasteiger partial charge in [0.1, 0.15) is 0 Å². The Balaban J connectivity index is 0.000000827. The quantitative estimate of drug-likeness (QED) is 0.176. The monoisotopic (exact) mass is 502 g/mol. The fourth-order valence-corrected chi connectivity index (χ4v) is 2.75. The highest BCUT2D eigenvalue weighted by Crippen LogP contribution is 2.23. The molecule has 2 aromatic carbocycles. The molecule has 0 aliphatic rings. The Kier molecular flexibility index (Phi) is 9.76. The lowest BCUT2D eigenvalue weighted by Crippen LogP contribution is -2.29. The van der Waals surface area contributed by atoms with Crippen LogP contribution in [0.1, 0.15) is 11.1 Å². The number of rotatable bonds is 5. The van der Waals surface area contributed by atoms with Crippen molar-refractivity contribution in [2.24, 2.45) is 0 Å². The molecule has 0 atom stereocenters. The topological polar surface area (TPSA) is 170 Å². The van der Waals surface area contributed by atoms with Crippen LogP contribution in [0.25, 0.3) is 11.0 Å². The van der Waals surface area contributed by atoms with E-state index in [-0.39, 0.29) is 28.2 Å². The van der Waals surface area contributed by atoms with Crippen LogP contribution in [0.4, 0.5) is 5.69 Å². The highest BCUT2D eigenvalue weighted by Gasteiger charge is 2.15. The first-order chi connectivity index (χ1) is 13.7. The normalized spacial score (nSPS) is 10.4. The molecule has 30 heavy (non-hydrogen) atoms. The van der Waals surface area contributed by atoms with Crippen LogP contribution in [0.3, 0.4) is 0 Å². The van der Waals surface area contributed by atoms with Gasteiger partial charge < -0.3 is 19.8 Å². The van der Waals surface area contributed by atoms with Crippen LogP contribution in [0.5, 0.6) is 0 Å². The number of aromatic amines is 2. The second kappa shape index (κ2) is 11.5. The van der Waals surface area contributed by atoms with Gasteiger partial charge in [-0.3, -0.25) is 29.2 Å². The molecule has 162 valence electrons. The summed E-state index contributed by atoms with van der Waals surface area (Å²) < 4.78 is 8.74. The Morgan fingerprint density at radius 1 is 1.07 bits per heavy atom. The van der Waals surface area contributed by atoms with Gasteiger partial charge in [0.25, 0.3) is 5.69 Å². The summed E-state index contributed by atoms with van der Waals surface area (Å²) in [6.07, 6.45) is 0. The molecule has 0 saturated carbocycles. The fraction of sp³-hybridized carbons (Fsp3) is 0.176. The summed E-state index contributed by atoms with van der Waals surface area (Å²) in [6, 6.07) is 12.4. The van der Waals surface area contributed by atoms with Gasteiger partial charge >= 0.3 is 19.4 Å². The zero-order chi connectivity index (χ0) is 21.6. The minimum absolute atomic E-state index is 0. The highest BCUT2D eigenvalue weighted by atomic mass is 79.9. The van der Waals surface area contributed by atoms with E-state index in [0.29, 0.717) is 24.2 Å². The third-order valence-electron chi connectivity index (χ3n) is 3.84. The van der Waals surface area contributed by atoms with Crippen LogP contribution < -0.4 is 11.1 Å². The van der Waals surface area contributed by atoms with Crippen LogP contribution in [0.2, 0.25) is 0 Å². The Bertz CT molecular complexity index is 1150. The van der Waals surface area contributed by atoms with Crippen molar-refractivity contribution < 1.29 is 19.3 Å². The van der Waals surface area contributed by atoms with E-state index in [0.717, 1.165) is 5.56 Å². The number of hydrogen-bond donors (Lipinski definition) is 4. The van der Waals surface area contributed by atoms with Crippen molar-refractivity contribution in [3.8, 4) is 0 Å².